The Morgan fingerprint density at radius 2 is 2.23 bits per heavy atom. The molecule has 0 fully saturated rings. The fourth-order valence-electron chi connectivity index (χ4n) is 1.10. The Bertz CT molecular complexity index is 291. The standard InChI is InChI=1S/C9H12ClNO2/c1-11-5-8(12)6-3-2-4-7(10)9(6)13/h2-4,8,11-13H,5H2,1H3. The second kappa shape index (κ2) is 4.46. The van der Waals surface area contributed by atoms with Gasteiger partial charge in [-0.05, 0) is 13.1 Å². The number of aromatic hydroxyl groups is 1. The van der Waals surface area contributed by atoms with Crippen molar-refractivity contribution in [1.82, 2.24) is 5.32 Å². The van der Waals surface area contributed by atoms with Gasteiger partial charge in [-0.15, -0.1) is 0 Å². The number of hydrogen-bond acceptors (Lipinski definition) is 3. The molecule has 0 aliphatic rings. The third kappa shape index (κ3) is 2.34. The quantitative estimate of drug-likeness (QED) is 0.691. The predicted octanol–water partition coefficient (Wildman–Crippen LogP) is 1.30. The molecule has 13 heavy (non-hydrogen) atoms. The minimum atomic E-state index is -0.733. The molecular weight excluding hydrogens is 190 g/mol. The summed E-state index contributed by atoms with van der Waals surface area (Å²) in [6.45, 7) is 0.383. The van der Waals surface area contributed by atoms with Crippen LogP contribution in [0.3, 0.4) is 0 Å². The van der Waals surface area contributed by atoms with Crippen LogP contribution in [0.25, 0.3) is 0 Å². The van der Waals surface area contributed by atoms with Crippen LogP contribution in [-0.2, 0) is 0 Å². The van der Waals surface area contributed by atoms with E-state index in [-0.39, 0.29) is 10.8 Å². The zero-order valence-corrected chi connectivity index (χ0v) is 8.04. The lowest BCUT2D eigenvalue weighted by Crippen LogP contribution is -2.16. The van der Waals surface area contributed by atoms with E-state index in [4.69, 9.17) is 11.6 Å². The highest BCUT2D eigenvalue weighted by Gasteiger charge is 2.12. The van der Waals surface area contributed by atoms with Gasteiger partial charge in [0.15, 0.2) is 0 Å². The number of phenolic OH excluding ortho intramolecular Hbond substituents is 1. The third-order valence-electron chi connectivity index (χ3n) is 1.77. The Morgan fingerprint density at radius 3 is 2.85 bits per heavy atom. The van der Waals surface area contributed by atoms with Gasteiger partial charge in [0, 0.05) is 12.1 Å². The number of benzene rings is 1. The average molecular weight is 202 g/mol. The van der Waals surface area contributed by atoms with Crippen LogP contribution in [0.4, 0.5) is 0 Å². The van der Waals surface area contributed by atoms with Crippen molar-refractivity contribution in [2.24, 2.45) is 0 Å². The van der Waals surface area contributed by atoms with E-state index in [0.29, 0.717) is 12.1 Å². The topological polar surface area (TPSA) is 52.5 Å². The van der Waals surface area contributed by atoms with E-state index in [0.717, 1.165) is 0 Å². The normalized spacial score (nSPS) is 12.8. The Labute approximate surface area is 82.0 Å². The lowest BCUT2D eigenvalue weighted by atomic mass is 10.1. The van der Waals surface area contributed by atoms with E-state index < -0.39 is 6.10 Å². The number of para-hydroxylation sites is 1. The molecule has 0 radical (unpaired) electrons. The maximum absolute atomic E-state index is 9.54. The number of phenols is 1. The van der Waals surface area contributed by atoms with Gasteiger partial charge < -0.3 is 15.5 Å². The first kappa shape index (κ1) is 10.3. The fraction of sp³-hybridized carbons (Fsp3) is 0.333. The van der Waals surface area contributed by atoms with Gasteiger partial charge in [-0.2, -0.15) is 0 Å². The van der Waals surface area contributed by atoms with Crippen LogP contribution in [0.15, 0.2) is 18.2 Å². The summed E-state index contributed by atoms with van der Waals surface area (Å²) in [6, 6.07) is 4.91. The van der Waals surface area contributed by atoms with E-state index >= 15 is 0 Å². The van der Waals surface area contributed by atoms with Crippen LogP contribution in [0.1, 0.15) is 11.7 Å². The number of aliphatic hydroxyl groups excluding tert-OH is 1. The van der Waals surface area contributed by atoms with E-state index in [2.05, 4.69) is 5.32 Å². The van der Waals surface area contributed by atoms with Crippen LogP contribution in [-0.4, -0.2) is 23.8 Å². The Morgan fingerprint density at radius 1 is 1.54 bits per heavy atom. The molecule has 0 saturated heterocycles. The predicted molar refractivity (Wildman–Crippen MR) is 52.0 cm³/mol. The van der Waals surface area contributed by atoms with Gasteiger partial charge in [0.1, 0.15) is 5.75 Å². The summed E-state index contributed by atoms with van der Waals surface area (Å²) in [5, 5.41) is 22.1. The molecule has 1 aromatic rings. The van der Waals surface area contributed by atoms with Gasteiger partial charge >= 0.3 is 0 Å². The summed E-state index contributed by atoms with van der Waals surface area (Å²) in [6.07, 6.45) is -0.733. The largest absolute Gasteiger partial charge is 0.506 e. The molecule has 0 aliphatic carbocycles. The number of halogens is 1. The molecule has 1 unspecified atom stereocenters. The van der Waals surface area contributed by atoms with Crippen molar-refractivity contribution in [1.29, 1.82) is 0 Å². The highest BCUT2D eigenvalue weighted by Crippen LogP contribution is 2.30. The molecule has 0 amide bonds. The van der Waals surface area contributed by atoms with Gasteiger partial charge in [0.2, 0.25) is 0 Å². The molecule has 3 N–H and O–H groups in total. The van der Waals surface area contributed by atoms with Crippen LogP contribution in [0.2, 0.25) is 5.02 Å². The molecule has 0 saturated carbocycles. The minimum absolute atomic E-state index is 0.0492. The maximum Gasteiger partial charge on any atom is 0.140 e. The van der Waals surface area contributed by atoms with E-state index in [1.165, 1.54) is 0 Å². The van der Waals surface area contributed by atoms with Gasteiger partial charge in [-0.25, -0.2) is 0 Å². The molecule has 3 nitrogen and oxygen atoms in total. The molecule has 0 aliphatic heterocycles. The van der Waals surface area contributed by atoms with Crippen LogP contribution in [0.5, 0.6) is 5.75 Å². The van der Waals surface area contributed by atoms with Crippen molar-refractivity contribution in [3.8, 4) is 5.75 Å². The molecule has 0 spiro atoms. The van der Waals surface area contributed by atoms with Crippen molar-refractivity contribution >= 4 is 11.6 Å². The van der Waals surface area contributed by atoms with E-state index in [9.17, 15) is 10.2 Å². The first-order valence-electron chi connectivity index (χ1n) is 3.97. The van der Waals surface area contributed by atoms with Crippen LogP contribution in [0, 0.1) is 0 Å². The van der Waals surface area contributed by atoms with Crippen LogP contribution < -0.4 is 5.32 Å². The van der Waals surface area contributed by atoms with Gasteiger partial charge in [0.05, 0.1) is 11.1 Å². The Kier molecular flexibility index (Phi) is 3.54. The van der Waals surface area contributed by atoms with Gasteiger partial charge in [0.25, 0.3) is 0 Å². The molecule has 72 valence electrons. The number of likely N-dealkylation sites (N-methyl/N-ethyl adjacent to an activating group) is 1. The van der Waals surface area contributed by atoms with E-state index in [1.54, 1.807) is 25.2 Å². The van der Waals surface area contributed by atoms with E-state index in [1.807, 2.05) is 0 Å². The molecule has 0 bridgehead atoms. The molecule has 1 aromatic carbocycles. The monoisotopic (exact) mass is 201 g/mol. The first-order chi connectivity index (χ1) is 6.16. The zero-order valence-electron chi connectivity index (χ0n) is 7.29. The molecule has 0 heterocycles. The third-order valence-corrected chi connectivity index (χ3v) is 2.08. The lowest BCUT2D eigenvalue weighted by molar-refractivity contribution is 0.174. The fourth-order valence-corrected chi connectivity index (χ4v) is 1.29. The van der Waals surface area contributed by atoms with Crippen molar-refractivity contribution in [3.63, 3.8) is 0 Å². The molecule has 4 heteroatoms. The number of hydrogen-bond donors (Lipinski definition) is 3. The summed E-state index contributed by atoms with van der Waals surface area (Å²) in [5.74, 6) is -0.0492. The summed E-state index contributed by atoms with van der Waals surface area (Å²) in [5.41, 5.74) is 0.446. The maximum atomic E-state index is 9.54. The second-order valence-corrected chi connectivity index (χ2v) is 3.16. The van der Waals surface area contributed by atoms with Crippen molar-refractivity contribution in [3.05, 3.63) is 28.8 Å². The number of rotatable bonds is 3. The van der Waals surface area contributed by atoms with Crippen molar-refractivity contribution in [2.75, 3.05) is 13.6 Å². The number of aliphatic hydroxyl groups is 1. The zero-order chi connectivity index (χ0) is 9.84. The second-order valence-electron chi connectivity index (χ2n) is 2.75. The summed E-state index contributed by atoms with van der Waals surface area (Å²) < 4.78 is 0. The Hall–Kier alpha value is -0.770. The summed E-state index contributed by atoms with van der Waals surface area (Å²) in [7, 11) is 1.73. The molecule has 1 rings (SSSR count). The number of nitrogens with one attached hydrogen (secondary N) is 1. The van der Waals surface area contributed by atoms with Crippen molar-refractivity contribution < 1.29 is 10.2 Å². The Balaban J connectivity index is 2.93. The minimum Gasteiger partial charge on any atom is -0.506 e. The molecular formula is C9H12ClNO2. The van der Waals surface area contributed by atoms with Crippen molar-refractivity contribution in [2.45, 2.75) is 6.10 Å². The van der Waals surface area contributed by atoms with Gasteiger partial charge in [-0.1, -0.05) is 23.7 Å². The highest BCUT2D eigenvalue weighted by molar-refractivity contribution is 6.32. The molecule has 0 aromatic heterocycles. The van der Waals surface area contributed by atoms with Crippen LogP contribution >= 0.6 is 11.6 Å². The first-order valence-corrected chi connectivity index (χ1v) is 4.34. The smallest absolute Gasteiger partial charge is 0.140 e. The summed E-state index contributed by atoms with van der Waals surface area (Å²) >= 11 is 5.68. The van der Waals surface area contributed by atoms with Gasteiger partial charge in [-0.3, -0.25) is 0 Å². The average Bonchev–Trinajstić information content (AvgIpc) is 2.10. The lowest BCUT2D eigenvalue weighted by Gasteiger charge is -2.12. The SMILES string of the molecule is CNCC(O)c1cccc(Cl)c1O. The molecule has 1 atom stereocenters. The summed E-state index contributed by atoms with van der Waals surface area (Å²) in [4.78, 5) is 0. The highest BCUT2D eigenvalue weighted by atomic mass is 35.5.